The quantitative estimate of drug-likeness (QED) is 0.523. The minimum atomic E-state index is -0.124. The van der Waals surface area contributed by atoms with Gasteiger partial charge in [0.25, 0.3) is 0 Å². The zero-order chi connectivity index (χ0) is 7.90. The van der Waals surface area contributed by atoms with Crippen LogP contribution in [0.3, 0.4) is 0 Å². The standard InChI is InChI=1S/C9H14N2/c1-9(7-10)5-4-8-3-2-6-11(8)9/h8H,2-6H2,1H3. The molecule has 60 valence electrons. The third-order valence-corrected chi connectivity index (χ3v) is 3.22. The number of hydrogen-bond donors (Lipinski definition) is 0. The van der Waals surface area contributed by atoms with Crippen molar-refractivity contribution in [1.82, 2.24) is 4.90 Å². The summed E-state index contributed by atoms with van der Waals surface area (Å²) in [5.41, 5.74) is -0.124. The summed E-state index contributed by atoms with van der Waals surface area (Å²) >= 11 is 0. The Morgan fingerprint density at radius 1 is 1.55 bits per heavy atom. The van der Waals surface area contributed by atoms with Gasteiger partial charge in [0, 0.05) is 6.04 Å². The van der Waals surface area contributed by atoms with Gasteiger partial charge in [0.1, 0.15) is 5.54 Å². The molecule has 2 atom stereocenters. The van der Waals surface area contributed by atoms with Gasteiger partial charge < -0.3 is 0 Å². The Kier molecular flexibility index (Phi) is 1.43. The molecule has 0 aliphatic carbocycles. The van der Waals surface area contributed by atoms with E-state index in [1.807, 2.05) is 0 Å². The first-order valence-electron chi connectivity index (χ1n) is 4.44. The van der Waals surface area contributed by atoms with Gasteiger partial charge in [-0.15, -0.1) is 0 Å². The normalized spacial score (nSPS) is 43.8. The monoisotopic (exact) mass is 150 g/mol. The van der Waals surface area contributed by atoms with Gasteiger partial charge in [0.2, 0.25) is 0 Å². The van der Waals surface area contributed by atoms with Crippen molar-refractivity contribution in [3.05, 3.63) is 0 Å². The summed E-state index contributed by atoms with van der Waals surface area (Å²) in [4.78, 5) is 2.40. The van der Waals surface area contributed by atoms with E-state index in [1.165, 1.54) is 19.3 Å². The summed E-state index contributed by atoms with van der Waals surface area (Å²) in [6.45, 7) is 3.23. The maximum atomic E-state index is 8.98. The highest BCUT2D eigenvalue weighted by Gasteiger charge is 2.44. The second-order valence-corrected chi connectivity index (χ2v) is 3.91. The molecule has 11 heavy (non-hydrogen) atoms. The van der Waals surface area contributed by atoms with E-state index < -0.39 is 0 Å². The average molecular weight is 150 g/mol. The predicted molar refractivity (Wildman–Crippen MR) is 43.0 cm³/mol. The van der Waals surface area contributed by atoms with Crippen LogP contribution in [0.2, 0.25) is 0 Å². The van der Waals surface area contributed by atoms with Crippen molar-refractivity contribution in [2.75, 3.05) is 6.54 Å². The number of fused-ring (bicyclic) bond motifs is 1. The number of hydrogen-bond acceptors (Lipinski definition) is 2. The van der Waals surface area contributed by atoms with Gasteiger partial charge >= 0.3 is 0 Å². The van der Waals surface area contributed by atoms with Crippen molar-refractivity contribution < 1.29 is 0 Å². The first-order valence-corrected chi connectivity index (χ1v) is 4.44. The fourth-order valence-electron chi connectivity index (χ4n) is 2.50. The molecule has 0 aromatic carbocycles. The van der Waals surface area contributed by atoms with E-state index in [0.29, 0.717) is 0 Å². The molecule has 2 aliphatic heterocycles. The second kappa shape index (κ2) is 2.22. The Hall–Kier alpha value is -0.550. The van der Waals surface area contributed by atoms with E-state index in [9.17, 15) is 0 Å². The van der Waals surface area contributed by atoms with Crippen LogP contribution in [0, 0.1) is 11.3 Å². The van der Waals surface area contributed by atoms with Gasteiger partial charge in [0.05, 0.1) is 6.07 Å². The summed E-state index contributed by atoms with van der Waals surface area (Å²) in [5, 5.41) is 8.98. The molecule has 0 radical (unpaired) electrons. The molecule has 2 fully saturated rings. The van der Waals surface area contributed by atoms with Crippen molar-refractivity contribution in [1.29, 1.82) is 5.26 Å². The molecule has 2 saturated heterocycles. The molecule has 0 saturated carbocycles. The van der Waals surface area contributed by atoms with Crippen LogP contribution in [0.15, 0.2) is 0 Å². The van der Waals surface area contributed by atoms with Gasteiger partial charge in [-0.25, -0.2) is 0 Å². The Labute approximate surface area is 67.8 Å². The van der Waals surface area contributed by atoms with Crippen LogP contribution in [0.4, 0.5) is 0 Å². The lowest BCUT2D eigenvalue weighted by molar-refractivity contribution is 0.203. The number of nitrogens with zero attached hydrogens (tertiary/aromatic N) is 2. The van der Waals surface area contributed by atoms with E-state index in [-0.39, 0.29) is 5.54 Å². The first kappa shape index (κ1) is 7.12. The number of rotatable bonds is 0. The molecule has 2 rings (SSSR count). The molecule has 2 heteroatoms. The number of nitriles is 1. The SMILES string of the molecule is CC1(C#N)CCC2CCCN21. The molecule has 2 aliphatic rings. The molecule has 2 nitrogen and oxygen atoms in total. The second-order valence-electron chi connectivity index (χ2n) is 3.91. The van der Waals surface area contributed by atoms with Crippen LogP contribution >= 0.6 is 0 Å². The molecule has 0 N–H and O–H groups in total. The lowest BCUT2D eigenvalue weighted by Crippen LogP contribution is -2.40. The van der Waals surface area contributed by atoms with Crippen LogP contribution in [0.25, 0.3) is 0 Å². The van der Waals surface area contributed by atoms with Gasteiger partial charge in [0.15, 0.2) is 0 Å². The lowest BCUT2D eigenvalue weighted by Gasteiger charge is -2.27. The molecule has 0 aromatic heterocycles. The smallest absolute Gasteiger partial charge is 0.106 e. The van der Waals surface area contributed by atoms with Crippen molar-refractivity contribution in [2.24, 2.45) is 0 Å². The Balaban J connectivity index is 2.22. The summed E-state index contributed by atoms with van der Waals surface area (Å²) in [5.74, 6) is 0. The first-order chi connectivity index (χ1) is 5.26. The van der Waals surface area contributed by atoms with Crippen LogP contribution in [0.1, 0.15) is 32.6 Å². The lowest BCUT2D eigenvalue weighted by atomic mass is 10.0. The zero-order valence-electron chi connectivity index (χ0n) is 7.01. The maximum Gasteiger partial charge on any atom is 0.106 e. The van der Waals surface area contributed by atoms with E-state index in [1.54, 1.807) is 0 Å². The molecule has 0 spiro atoms. The Morgan fingerprint density at radius 2 is 2.36 bits per heavy atom. The highest BCUT2D eigenvalue weighted by molar-refractivity contribution is 5.12. The fourth-order valence-corrected chi connectivity index (χ4v) is 2.50. The van der Waals surface area contributed by atoms with Crippen LogP contribution in [-0.2, 0) is 0 Å². The summed E-state index contributed by atoms with van der Waals surface area (Å²) in [6.07, 6.45) is 4.93. The molecule has 2 heterocycles. The van der Waals surface area contributed by atoms with E-state index in [0.717, 1.165) is 19.0 Å². The highest BCUT2D eigenvalue weighted by Crippen LogP contribution is 2.38. The summed E-state index contributed by atoms with van der Waals surface area (Å²) in [6, 6.07) is 3.17. The molecular weight excluding hydrogens is 136 g/mol. The van der Waals surface area contributed by atoms with E-state index >= 15 is 0 Å². The van der Waals surface area contributed by atoms with Gasteiger partial charge in [-0.05, 0) is 39.2 Å². The van der Waals surface area contributed by atoms with Gasteiger partial charge in [-0.2, -0.15) is 5.26 Å². The third kappa shape index (κ3) is 0.877. The molecule has 0 bridgehead atoms. The minimum Gasteiger partial charge on any atom is -0.283 e. The molecule has 0 amide bonds. The van der Waals surface area contributed by atoms with Gasteiger partial charge in [-0.1, -0.05) is 0 Å². The summed E-state index contributed by atoms with van der Waals surface area (Å²) < 4.78 is 0. The molecule has 0 aromatic rings. The molecular formula is C9H14N2. The Bertz CT molecular complexity index is 206. The van der Waals surface area contributed by atoms with Crippen molar-refractivity contribution >= 4 is 0 Å². The molecule has 2 unspecified atom stereocenters. The topological polar surface area (TPSA) is 27.0 Å². The zero-order valence-corrected chi connectivity index (χ0v) is 7.01. The van der Waals surface area contributed by atoms with Crippen LogP contribution in [0.5, 0.6) is 0 Å². The predicted octanol–water partition coefficient (Wildman–Crippen LogP) is 1.53. The minimum absolute atomic E-state index is 0.124. The largest absolute Gasteiger partial charge is 0.283 e. The fraction of sp³-hybridized carbons (Fsp3) is 0.889. The highest BCUT2D eigenvalue weighted by atomic mass is 15.3. The van der Waals surface area contributed by atoms with Crippen LogP contribution in [-0.4, -0.2) is 23.0 Å². The third-order valence-electron chi connectivity index (χ3n) is 3.22. The van der Waals surface area contributed by atoms with Crippen molar-refractivity contribution in [2.45, 2.75) is 44.2 Å². The van der Waals surface area contributed by atoms with Crippen molar-refractivity contribution in [3.8, 4) is 6.07 Å². The van der Waals surface area contributed by atoms with Crippen molar-refractivity contribution in [3.63, 3.8) is 0 Å². The van der Waals surface area contributed by atoms with E-state index in [2.05, 4.69) is 17.9 Å². The summed E-state index contributed by atoms with van der Waals surface area (Å²) in [7, 11) is 0. The average Bonchev–Trinajstić information content (AvgIpc) is 2.55. The maximum absolute atomic E-state index is 8.98. The van der Waals surface area contributed by atoms with E-state index in [4.69, 9.17) is 5.26 Å². The Morgan fingerprint density at radius 3 is 3.09 bits per heavy atom. The van der Waals surface area contributed by atoms with Crippen LogP contribution < -0.4 is 0 Å². The van der Waals surface area contributed by atoms with Gasteiger partial charge in [-0.3, -0.25) is 4.90 Å².